The minimum Gasteiger partial charge on any atom is -0.395 e. The molecular weight excluding hydrogens is 416 g/mol. The lowest BCUT2D eigenvalue weighted by Crippen LogP contribution is -2.50. The highest BCUT2D eigenvalue weighted by Gasteiger charge is 2.46. The number of ether oxygens (including phenoxy) is 1. The van der Waals surface area contributed by atoms with Crippen molar-refractivity contribution >= 4 is 15.7 Å². The topological polar surface area (TPSA) is 99.4 Å². The first kappa shape index (κ1) is 21.7. The third kappa shape index (κ3) is 3.70. The molecule has 1 unspecified atom stereocenters. The Kier molecular flexibility index (Phi) is 5.51. The van der Waals surface area contributed by atoms with Crippen LogP contribution in [0.25, 0.3) is 0 Å². The first-order valence-corrected chi connectivity index (χ1v) is 11.6. The van der Waals surface area contributed by atoms with Crippen molar-refractivity contribution in [3.8, 4) is 0 Å². The normalized spacial score (nSPS) is 22.2. The smallest absolute Gasteiger partial charge is 0.283 e. The maximum absolute atomic E-state index is 13.3. The third-order valence-corrected chi connectivity index (χ3v) is 7.25. The van der Waals surface area contributed by atoms with Crippen molar-refractivity contribution in [2.45, 2.75) is 31.5 Å². The number of sulfonamides is 1. The summed E-state index contributed by atoms with van der Waals surface area (Å²) in [5.74, 6) is -1.72. The molecule has 0 bridgehead atoms. The Bertz CT molecular complexity index is 1180. The molecule has 8 heteroatoms. The number of β-amino-alcohol motifs (C(OH)–C–C–N with tert-alkyl or cyclic N) is 1. The minimum absolute atomic E-state index is 0.110. The van der Waals surface area contributed by atoms with Crippen LogP contribution in [0.5, 0.6) is 0 Å². The highest BCUT2D eigenvalue weighted by molar-refractivity contribution is 7.90. The number of allylic oxidation sites excluding steroid dienone is 1. The summed E-state index contributed by atoms with van der Waals surface area (Å²) in [6.45, 7) is 6.36. The molecule has 2 N–H and O–H groups in total. The summed E-state index contributed by atoms with van der Waals surface area (Å²) < 4.78 is 36.6. The van der Waals surface area contributed by atoms with Gasteiger partial charge in [-0.2, -0.15) is 12.8 Å². The number of aryl methyl sites for hydroxylation is 3. The Morgan fingerprint density at radius 3 is 2.52 bits per heavy atom. The fourth-order valence-corrected chi connectivity index (χ4v) is 5.94. The van der Waals surface area contributed by atoms with Crippen molar-refractivity contribution in [2.24, 2.45) is 4.40 Å². The van der Waals surface area contributed by atoms with Gasteiger partial charge in [-0.1, -0.05) is 42.0 Å². The lowest BCUT2D eigenvalue weighted by Gasteiger charge is -2.45. The van der Waals surface area contributed by atoms with E-state index in [2.05, 4.69) is 4.40 Å². The van der Waals surface area contributed by atoms with Crippen LogP contribution in [0.3, 0.4) is 0 Å². The predicted octanol–water partition coefficient (Wildman–Crippen LogP) is 2.16. The van der Waals surface area contributed by atoms with Gasteiger partial charge in [-0.3, -0.25) is 0 Å². The summed E-state index contributed by atoms with van der Waals surface area (Å²) >= 11 is 0. The molecule has 1 saturated heterocycles. The molecule has 1 atom stereocenters. The molecule has 1 heterocycles. The van der Waals surface area contributed by atoms with Crippen LogP contribution < -0.4 is 0 Å². The summed E-state index contributed by atoms with van der Waals surface area (Å²) in [5, 5.41) is 20.8. The van der Waals surface area contributed by atoms with Gasteiger partial charge < -0.3 is 19.8 Å². The van der Waals surface area contributed by atoms with Crippen molar-refractivity contribution in [3.63, 3.8) is 0 Å². The average Bonchev–Trinajstić information content (AvgIpc) is 2.68. The monoisotopic (exact) mass is 442 g/mol. The average molecular weight is 443 g/mol. The molecule has 2 aliphatic rings. The van der Waals surface area contributed by atoms with E-state index in [0.717, 1.165) is 5.56 Å². The number of hydrogen-bond donors (Lipinski definition) is 2. The van der Waals surface area contributed by atoms with Crippen molar-refractivity contribution in [2.75, 3.05) is 26.3 Å². The number of aliphatic hydroxyl groups excluding tert-OH is 1. The lowest BCUT2D eigenvalue weighted by molar-refractivity contribution is -0.219. The Morgan fingerprint density at radius 1 is 1.16 bits per heavy atom. The van der Waals surface area contributed by atoms with Crippen LogP contribution >= 0.6 is 0 Å². The Labute approximate surface area is 182 Å². The molecule has 164 valence electrons. The SMILES string of the molecule is Cc1cc(C)c(S(=O)(=O)N=C2C=C3N(CCO)CCOC3(O)c3ccccc32)c(C)c1. The molecule has 4 rings (SSSR count). The molecule has 1 aliphatic carbocycles. The van der Waals surface area contributed by atoms with E-state index in [4.69, 9.17) is 4.74 Å². The van der Waals surface area contributed by atoms with E-state index in [9.17, 15) is 18.6 Å². The first-order valence-electron chi connectivity index (χ1n) is 10.1. The van der Waals surface area contributed by atoms with E-state index in [1.165, 1.54) is 0 Å². The molecule has 31 heavy (non-hydrogen) atoms. The van der Waals surface area contributed by atoms with Gasteiger partial charge in [0.2, 0.25) is 5.79 Å². The zero-order valence-corrected chi connectivity index (χ0v) is 18.6. The molecule has 0 spiro atoms. The van der Waals surface area contributed by atoms with Gasteiger partial charge in [0.1, 0.15) is 0 Å². The number of nitrogens with zero attached hydrogens (tertiary/aromatic N) is 2. The fourth-order valence-electron chi connectivity index (χ4n) is 4.50. The van der Waals surface area contributed by atoms with Crippen LogP contribution in [0.15, 0.2) is 57.5 Å². The fraction of sp³-hybridized carbons (Fsp3) is 0.348. The van der Waals surface area contributed by atoms with Gasteiger partial charge in [0.05, 0.1) is 29.5 Å². The Balaban J connectivity index is 1.93. The zero-order chi connectivity index (χ0) is 22.4. The number of aliphatic hydroxyl groups is 2. The zero-order valence-electron chi connectivity index (χ0n) is 17.8. The summed E-state index contributed by atoms with van der Waals surface area (Å²) in [6.07, 6.45) is 1.55. The van der Waals surface area contributed by atoms with Gasteiger partial charge >= 0.3 is 0 Å². The van der Waals surface area contributed by atoms with Gasteiger partial charge in [-0.15, -0.1) is 0 Å². The van der Waals surface area contributed by atoms with Crippen LogP contribution in [-0.2, 0) is 20.5 Å². The molecule has 0 radical (unpaired) electrons. The van der Waals surface area contributed by atoms with Crippen molar-refractivity contribution < 1.29 is 23.4 Å². The van der Waals surface area contributed by atoms with Gasteiger partial charge in [-0.25, -0.2) is 0 Å². The highest BCUT2D eigenvalue weighted by atomic mass is 32.2. The maximum Gasteiger partial charge on any atom is 0.283 e. The van der Waals surface area contributed by atoms with E-state index in [-0.39, 0.29) is 30.4 Å². The largest absolute Gasteiger partial charge is 0.395 e. The second-order valence-corrected chi connectivity index (χ2v) is 9.50. The predicted molar refractivity (Wildman–Crippen MR) is 117 cm³/mol. The van der Waals surface area contributed by atoms with E-state index in [0.29, 0.717) is 34.5 Å². The second kappa shape index (κ2) is 7.87. The van der Waals surface area contributed by atoms with E-state index >= 15 is 0 Å². The number of hydrogen-bond acceptors (Lipinski definition) is 6. The maximum atomic E-state index is 13.3. The lowest BCUT2D eigenvalue weighted by atomic mass is 9.86. The number of rotatable bonds is 4. The van der Waals surface area contributed by atoms with E-state index in [1.54, 1.807) is 49.1 Å². The third-order valence-electron chi connectivity index (χ3n) is 5.65. The van der Waals surface area contributed by atoms with Crippen molar-refractivity contribution in [3.05, 3.63) is 76.0 Å². The number of benzene rings is 2. The molecule has 1 fully saturated rings. The second-order valence-electron chi connectivity index (χ2n) is 7.96. The van der Waals surface area contributed by atoms with E-state index < -0.39 is 15.8 Å². The molecule has 0 saturated carbocycles. The highest BCUT2D eigenvalue weighted by Crippen LogP contribution is 2.41. The summed E-state index contributed by atoms with van der Waals surface area (Å²) in [7, 11) is -4.02. The first-order chi connectivity index (χ1) is 14.7. The molecule has 2 aromatic carbocycles. The standard InChI is InChI=1S/C23H26N2O5S/c1-15-12-16(2)22(17(3)13-15)31(28,29)24-20-14-21-23(27,19-7-5-4-6-18(19)20)30-11-9-25(21)8-10-26/h4-7,12-14,26-27H,8-11H2,1-3H3. The van der Waals surface area contributed by atoms with Crippen molar-refractivity contribution in [1.82, 2.24) is 4.90 Å². The number of morpholine rings is 1. The Hall–Kier alpha value is -2.52. The molecular formula is C23H26N2O5S. The Morgan fingerprint density at radius 2 is 1.84 bits per heavy atom. The van der Waals surface area contributed by atoms with Gasteiger partial charge in [-0.05, 0) is 38.0 Å². The van der Waals surface area contributed by atoms with Crippen LogP contribution in [0, 0.1) is 20.8 Å². The van der Waals surface area contributed by atoms with Gasteiger partial charge in [0.15, 0.2) is 0 Å². The minimum atomic E-state index is -4.02. The molecule has 0 aromatic heterocycles. The molecule has 2 aromatic rings. The summed E-state index contributed by atoms with van der Waals surface area (Å²) in [6, 6.07) is 10.6. The van der Waals surface area contributed by atoms with Crippen molar-refractivity contribution in [1.29, 1.82) is 0 Å². The summed E-state index contributed by atoms with van der Waals surface area (Å²) in [5.41, 5.74) is 3.78. The van der Waals surface area contributed by atoms with E-state index in [1.807, 2.05) is 19.1 Å². The number of fused-ring (bicyclic) bond motifs is 3. The van der Waals surface area contributed by atoms with Gasteiger partial charge in [0, 0.05) is 24.2 Å². The van der Waals surface area contributed by atoms with Gasteiger partial charge in [0.25, 0.3) is 10.0 Å². The molecule has 0 amide bonds. The van der Waals surface area contributed by atoms with Crippen LogP contribution in [0.4, 0.5) is 0 Å². The van der Waals surface area contributed by atoms with Crippen LogP contribution in [0.2, 0.25) is 0 Å². The van der Waals surface area contributed by atoms with Crippen LogP contribution in [-0.4, -0.2) is 55.5 Å². The molecule has 7 nitrogen and oxygen atoms in total. The quantitative estimate of drug-likeness (QED) is 0.753. The summed E-state index contributed by atoms with van der Waals surface area (Å²) in [4.78, 5) is 1.98. The van der Waals surface area contributed by atoms with Crippen LogP contribution in [0.1, 0.15) is 27.8 Å². The molecule has 1 aliphatic heterocycles.